The van der Waals surface area contributed by atoms with Gasteiger partial charge in [-0.1, -0.05) is 17.5 Å². The van der Waals surface area contributed by atoms with Gasteiger partial charge in [0.15, 0.2) is 0 Å². The number of methoxy groups -OCH3 is 1. The zero-order valence-electron chi connectivity index (χ0n) is 7.50. The molecule has 0 atom stereocenters. The molecule has 0 aliphatic heterocycles. The molecule has 1 aromatic rings. The van der Waals surface area contributed by atoms with Gasteiger partial charge in [-0.05, 0) is 18.2 Å². The first-order chi connectivity index (χ1) is 6.63. The maximum atomic E-state index is 10.4. The molecule has 4 heteroatoms. The van der Waals surface area contributed by atoms with Crippen LogP contribution in [0.15, 0.2) is 18.2 Å². The van der Waals surface area contributed by atoms with Crippen molar-refractivity contribution < 1.29 is 9.53 Å². The van der Waals surface area contributed by atoms with E-state index < -0.39 is 5.91 Å². The van der Waals surface area contributed by atoms with Gasteiger partial charge in [0, 0.05) is 10.9 Å². The number of carbonyl (C=O) groups excluding carboxylic acids is 1. The number of primary amides is 1. The van der Waals surface area contributed by atoms with Crippen molar-refractivity contribution in [2.45, 2.75) is 0 Å². The molecule has 1 aromatic carbocycles. The van der Waals surface area contributed by atoms with Crippen molar-refractivity contribution in [2.75, 3.05) is 7.11 Å². The Balaban J connectivity index is 3.13. The molecule has 0 aromatic heterocycles. The number of benzene rings is 1. The first-order valence-electron chi connectivity index (χ1n) is 3.78. The summed E-state index contributed by atoms with van der Waals surface area (Å²) in [5.41, 5.74) is 5.42. The van der Waals surface area contributed by atoms with Crippen molar-refractivity contribution in [1.29, 1.82) is 0 Å². The average Bonchev–Trinajstić information content (AvgIpc) is 2.15. The van der Waals surface area contributed by atoms with Crippen LogP contribution in [-0.4, -0.2) is 13.0 Å². The summed E-state index contributed by atoms with van der Waals surface area (Å²) in [5.74, 6) is 4.65. The number of nitrogens with two attached hydrogens (primary N) is 1. The van der Waals surface area contributed by atoms with E-state index in [1.807, 2.05) is 0 Å². The van der Waals surface area contributed by atoms with E-state index in [2.05, 4.69) is 11.8 Å². The Hall–Kier alpha value is -1.66. The van der Waals surface area contributed by atoms with Crippen LogP contribution in [0.1, 0.15) is 5.56 Å². The number of ether oxygens (including phenoxy) is 1. The lowest BCUT2D eigenvalue weighted by Gasteiger charge is -2.02. The molecule has 0 spiro atoms. The van der Waals surface area contributed by atoms with Crippen LogP contribution in [0, 0.1) is 11.8 Å². The van der Waals surface area contributed by atoms with Gasteiger partial charge in [-0.25, -0.2) is 0 Å². The predicted molar refractivity (Wildman–Crippen MR) is 54.1 cm³/mol. The lowest BCUT2D eigenvalue weighted by Crippen LogP contribution is -2.06. The van der Waals surface area contributed by atoms with Crippen LogP contribution in [0.4, 0.5) is 0 Å². The van der Waals surface area contributed by atoms with Gasteiger partial charge in [0.2, 0.25) is 0 Å². The Morgan fingerprint density at radius 2 is 2.29 bits per heavy atom. The highest BCUT2D eigenvalue weighted by Gasteiger charge is 2.00. The molecule has 2 N–H and O–H groups in total. The highest BCUT2D eigenvalue weighted by Crippen LogP contribution is 2.21. The monoisotopic (exact) mass is 209 g/mol. The molecular weight excluding hydrogens is 202 g/mol. The van der Waals surface area contributed by atoms with Crippen LogP contribution in [0.3, 0.4) is 0 Å². The van der Waals surface area contributed by atoms with Crippen LogP contribution >= 0.6 is 11.6 Å². The fourth-order valence-corrected chi connectivity index (χ4v) is 1.08. The molecule has 72 valence electrons. The lowest BCUT2D eigenvalue weighted by atomic mass is 10.2. The lowest BCUT2D eigenvalue weighted by molar-refractivity contribution is -0.112. The number of halogens is 1. The van der Waals surface area contributed by atoms with E-state index >= 15 is 0 Å². The molecule has 0 radical (unpaired) electrons. The van der Waals surface area contributed by atoms with E-state index in [0.29, 0.717) is 16.3 Å². The topological polar surface area (TPSA) is 52.3 Å². The minimum absolute atomic E-state index is 0.527. The van der Waals surface area contributed by atoms with Gasteiger partial charge in [-0.3, -0.25) is 4.79 Å². The molecular formula is C10H8ClNO2. The summed E-state index contributed by atoms with van der Waals surface area (Å²) in [6.07, 6.45) is 0. The second-order valence-electron chi connectivity index (χ2n) is 2.46. The second kappa shape index (κ2) is 4.54. The fourth-order valence-electron chi connectivity index (χ4n) is 0.907. The summed E-state index contributed by atoms with van der Waals surface area (Å²) in [4.78, 5) is 10.4. The molecule has 3 nitrogen and oxygen atoms in total. The molecule has 1 amide bonds. The van der Waals surface area contributed by atoms with Crippen molar-refractivity contribution >= 4 is 17.5 Å². The molecule has 0 aliphatic carbocycles. The molecule has 0 saturated heterocycles. The third kappa shape index (κ3) is 2.68. The maximum absolute atomic E-state index is 10.4. The van der Waals surface area contributed by atoms with E-state index in [1.54, 1.807) is 18.2 Å². The van der Waals surface area contributed by atoms with E-state index in [4.69, 9.17) is 22.1 Å². The number of amides is 1. The molecule has 0 bridgehead atoms. The Labute approximate surface area is 86.8 Å². The maximum Gasteiger partial charge on any atom is 0.293 e. The van der Waals surface area contributed by atoms with Crippen molar-refractivity contribution in [3.63, 3.8) is 0 Å². The molecule has 0 heterocycles. The number of hydrogen-bond donors (Lipinski definition) is 1. The van der Waals surface area contributed by atoms with Crippen molar-refractivity contribution in [3.8, 4) is 17.6 Å². The van der Waals surface area contributed by atoms with Gasteiger partial charge in [0.25, 0.3) is 5.91 Å². The third-order valence-corrected chi connectivity index (χ3v) is 1.72. The van der Waals surface area contributed by atoms with Crippen molar-refractivity contribution in [3.05, 3.63) is 28.8 Å². The molecule has 1 rings (SSSR count). The summed E-state index contributed by atoms with van der Waals surface area (Å²) in [6, 6.07) is 4.96. The highest BCUT2D eigenvalue weighted by molar-refractivity contribution is 6.30. The summed E-state index contributed by atoms with van der Waals surface area (Å²) in [5, 5.41) is 0.527. The Morgan fingerprint density at radius 1 is 1.57 bits per heavy atom. The quantitative estimate of drug-likeness (QED) is 0.707. The third-order valence-electron chi connectivity index (χ3n) is 1.48. The highest BCUT2D eigenvalue weighted by atomic mass is 35.5. The first kappa shape index (κ1) is 10.4. The predicted octanol–water partition coefficient (Wildman–Crippen LogP) is 1.19. The van der Waals surface area contributed by atoms with Gasteiger partial charge in [0.05, 0.1) is 12.7 Å². The number of carbonyl (C=O) groups is 1. The Morgan fingerprint density at radius 3 is 2.86 bits per heavy atom. The molecule has 0 unspecified atom stereocenters. The van der Waals surface area contributed by atoms with Gasteiger partial charge in [0.1, 0.15) is 5.75 Å². The van der Waals surface area contributed by atoms with Crippen LogP contribution < -0.4 is 10.5 Å². The normalized spacial score (nSPS) is 8.71. The fraction of sp³-hybridized carbons (Fsp3) is 0.100. The van der Waals surface area contributed by atoms with Crippen LogP contribution in [0.25, 0.3) is 0 Å². The van der Waals surface area contributed by atoms with Gasteiger partial charge in [-0.15, -0.1) is 0 Å². The average molecular weight is 210 g/mol. The minimum Gasteiger partial charge on any atom is -0.495 e. The zero-order valence-corrected chi connectivity index (χ0v) is 8.26. The SMILES string of the molecule is COc1ccc(Cl)cc1C#CC(N)=O. The second-order valence-corrected chi connectivity index (χ2v) is 2.90. The van der Waals surface area contributed by atoms with Gasteiger partial charge < -0.3 is 10.5 Å². The summed E-state index contributed by atoms with van der Waals surface area (Å²) in [7, 11) is 1.51. The minimum atomic E-state index is -0.688. The molecule has 0 saturated carbocycles. The van der Waals surface area contributed by atoms with Crippen LogP contribution in [-0.2, 0) is 4.79 Å². The molecule has 0 aliphatic rings. The van der Waals surface area contributed by atoms with Gasteiger partial charge in [-0.2, -0.15) is 0 Å². The molecule has 14 heavy (non-hydrogen) atoms. The van der Waals surface area contributed by atoms with E-state index in [0.717, 1.165) is 0 Å². The van der Waals surface area contributed by atoms with E-state index in [-0.39, 0.29) is 0 Å². The van der Waals surface area contributed by atoms with E-state index in [9.17, 15) is 4.79 Å². The zero-order chi connectivity index (χ0) is 10.6. The number of hydrogen-bond acceptors (Lipinski definition) is 2. The summed E-state index contributed by atoms with van der Waals surface area (Å²) >= 11 is 5.75. The van der Waals surface area contributed by atoms with Crippen molar-refractivity contribution in [1.82, 2.24) is 0 Å². The summed E-state index contributed by atoms with van der Waals surface area (Å²) < 4.78 is 5.02. The van der Waals surface area contributed by atoms with Gasteiger partial charge >= 0.3 is 0 Å². The largest absolute Gasteiger partial charge is 0.495 e. The summed E-state index contributed by atoms with van der Waals surface area (Å²) in [6.45, 7) is 0. The Kier molecular flexibility index (Phi) is 3.38. The molecule has 0 fully saturated rings. The Bertz CT molecular complexity index is 418. The van der Waals surface area contributed by atoms with Crippen LogP contribution in [0.2, 0.25) is 5.02 Å². The van der Waals surface area contributed by atoms with E-state index in [1.165, 1.54) is 7.11 Å². The van der Waals surface area contributed by atoms with Crippen molar-refractivity contribution in [2.24, 2.45) is 5.73 Å². The number of rotatable bonds is 1. The van der Waals surface area contributed by atoms with Crippen LogP contribution in [0.5, 0.6) is 5.75 Å². The smallest absolute Gasteiger partial charge is 0.293 e. The standard InChI is InChI=1S/C10H8ClNO2/c1-14-9-4-3-8(11)6-7(9)2-5-10(12)13/h3-4,6H,1H3,(H2,12,13). The first-order valence-corrected chi connectivity index (χ1v) is 4.16.